The van der Waals surface area contributed by atoms with E-state index in [4.69, 9.17) is 16.0 Å². The Labute approximate surface area is 162 Å². The minimum atomic E-state index is -2.15. The Morgan fingerprint density at radius 2 is 2.00 bits per heavy atom. The van der Waals surface area contributed by atoms with E-state index in [1.54, 1.807) is 24.5 Å². The molecule has 26 heavy (non-hydrogen) atoms. The number of hydrogen-bond acceptors (Lipinski definition) is 4. The van der Waals surface area contributed by atoms with Gasteiger partial charge in [-0.25, -0.2) is 9.78 Å². The molecule has 0 saturated carbocycles. The van der Waals surface area contributed by atoms with Crippen molar-refractivity contribution in [3.05, 3.63) is 40.5 Å². The number of halogens is 1. The van der Waals surface area contributed by atoms with E-state index in [9.17, 15) is 9.90 Å². The average Bonchev–Trinajstić information content (AvgIpc) is 3.08. The van der Waals surface area contributed by atoms with Crippen molar-refractivity contribution < 1.29 is 14.3 Å². The van der Waals surface area contributed by atoms with Gasteiger partial charge in [0.25, 0.3) is 8.32 Å². The fraction of sp³-hybridized carbons (Fsp3) is 0.333. The second-order valence-electron chi connectivity index (χ2n) is 7.69. The van der Waals surface area contributed by atoms with Crippen molar-refractivity contribution in [2.45, 2.75) is 38.9 Å². The first-order chi connectivity index (χ1) is 12.0. The maximum absolute atomic E-state index is 11.8. The Balaban J connectivity index is 2.08. The topological polar surface area (TPSA) is 64.4 Å². The summed E-state index contributed by atoms with van der Waals surface area (Å²) in [4.78, 5) is 16.3. The predicted octanol–water partition coefficient (Wildman–Crippen LogP) is 5.82. The molecular weight excluding hydrogens is 388 g/mol. The average molecular weight is 409 g/mol. The molecule has 3 aromatic rings. The van der Waals surface area contributed by atoms with E-state index in [2.05, 4.69) is 38.8 Å². The third kappa shape index (κ3) is 3.38. The summed E-state index contributed by atoms with van der Waals surface area (Å²) in [5, 5.41) is 11.0. The molecule has 5 nitrogen and oxygen atoms in total. The van der Waals surface area contributed by atoms with Crippen LogP contribution in [-0.4, -0.2) is 28.9 Å². The van der Waals surface area contributed by atoms with Crippen LogP contribution in [0.1, 0.15) is 30.4 Å². The van der Waals surface area contributed by atoms with Crippen molar-refractivity contribution in [3.63, 3.8) is 0 Å². The van der Waals surface area contributed by atoms with Crippen LogP contribution in [-0.2, 0) is 0 Å². The van der Waals surface area contributed by atoms with E-state index >= 15 is 0 Å². The van der Waals surface area contributed by atoms with Crippen LogP contribution >= 0.6 is 22.9 Å². The highest BCUT2D eigenvalue weighted by Gasteiger charge is 2.40. The lowest BCUT2D eigenvalue weighted by atomic mass is 10.2. The van der Waals surface area contributed by atoms with Crippen LogP contribution in [0.2, 0.25) is 23.2 Å². The third-order valence-corrected chi connectivity index (χ3v) is 10.5. The standard InChI is InChI=1S/C18H21ClN2O3SSi/c1-18(2,3)26(4,5)24-14-9-15(25-16(14)17(22)23)21-10-20-12-8-11(19)6-7-13(12)21/h6-10H,1-5H3,(H,22,23). The van der Waals surface area contributed by atoms with Gasteiger partial charge in [-0.2, -0.15) is 0 Å². The van der Waals surface area contributed by atoms with Gasteiger partial charge >= 0.3 is 5.97 Å². The van der Waals surface area contributed by atoms with Crippen molar-refractivity contribution in [2.75, 3.05) is 0 Å². The third-order valence-electron chi connectivity index (χ3n) is 4.80. The number of carboxylic acid groups (broad SMARTS) is 1. The Morgan fingerprint density at radius 3 is 2.62 bits per heavy atom. The Morgan fingerprint density at radius 1 is 1.31 bits per heavy atom. The molecule has 0 aliphatic carbocycles. The summed E-state index contributed by atoms with van der Waals surface area (Å²) in [5.74, 6) is -0.553. The summed E-state index contributed by atoms with van der Waals surface area (Å²) in [6.45, 7) is 10.6. The number of aromatic nitrogens is 2. The molecule has 3 rings (SSSR count). The van der Waals surface area contributed by atoms with Gasteiger partial charge in [0.1, 0.15) is 17.1 Å². The highest BCUT2D eigenvalue weighted by molar-refractivity contribution is 7.16. The molecule has 0 amide bonds. The first-order valence-electron chi connectivity index (χ1n) is 8.19. The van der Waals surface area contributed by atoms with Gasteiger partial charge in [0.05, 0.1) is 11.0 Å². The molecule has 8 heteroatoms. The van der Waals surface area contributed by atoms with Gasteiger partial charge in [-0.05, 0) is 36.3 Å². The Kier molecular flexibility index (Phi) is 4.66. The number of hydrogen-bond donors (Lipinski definition) is 1. The summed E-state index contributed by atoms with van der Waals surface area (Å²) in [6, 6.07) is 7.25. The minimum absolute atomic E-state index is 0.0245. The number of fused-ring (bicyclic) bond motifs is 1. The molecule has 0 unspecified atom stereocenters. The van der Waals surface area contributed by atoms with E-state index in [0.29, 0.717) is 10.8 Å². The van der Waals surface area contributed by atoms with E-state index in [1.807, 2.05) is 10.6 Å². The number of imidazole rings is 1. The molecular formula is C18H21ClN2O3SSi. The van der Waals surface area contributed by atoms with Crippen LogP contribution in [0.15, 0.2) is 30.6 Å². The van der Waals surface area contributed by atoms with Crippen LogP contribution in [0.5, 0.6) is 5.75 Å². The number of carbonyl (C=O) groups is 1. The molecule has 0 bridgehead atoms. The molecule has 138 valence electrons. The maximum atomic E-state index is 11.8. The van der Waals surface area contributed by atoms with Crippen LogP contribution < -0.4 is 4.43 Å². The summed E-state index contributed by atoms with van der Waals surface area (Å²) in [7, 11) is -2.15. The van der Waals surface area contributed by atoms with Crippen molar-refractivity contribution in [2.24, 2.45) is 0 Å². The fourth-order valence-corrected chi connectivity index (χ4v) is 4.46. The molecule has 0 fully saturated rings. The number of nitrogens with zero attached hydrogens (tertiary/aromatic N) is 2. The van der Waals surface area contributed by atoms with Crippen molar-refractivity contribution >= 4 is 48.3 Å². The zero-order chi connectivity index (χ0) is 19.3. The summed E-state index contributed by atoms with van der Waals surface area (Å²) >= 11 is 7.20. The van der Waals surface area contributed by atoms with E-state index in [-0.39, 0.29) is 9.92 Å². The highest BCUT2D eigenvalue weighted by atomic mass is 35.5. The van der Waals surface area contributed by atoms with Gasteiger partial charge in [0, 0.05) is 11.1 Å². The fourth-order valence-electron chi connectivity index (χ4n) is 2.30. The Hall–Kier alpha value is -1.83. The van der Waals surface area contributed by atoms with Gasteiger partial charge in [-0.1, -0.05) is 32.4 Å². The zero-order valence-electron chi connectivity index (χ0n) is 15.3. The number of carboxylic acids is 1. The van der Waals surface area contributed by atoms with E-state index in [1.165, 1.54) is 11.3 Å². The van der Waals surface area contributed by atoms with Crippen molar-refractivity contribution in [3.8, 4) is 10.8 Å². The summed E-state index contributed by atoms with van der Waals surface area (Å²) < 4.78 is 8.14. The van der Waals surface area contributed by atoms with Gasteiger partial charge in [-0.15, -0.1) is 11.3 Å². The van der Waals surface area contributed by atoms with Gasteiger partial charge in [-0.3, -0.25) is 4.57 Å². The molecule has 0 aliphatic rings. The van der Waals surface area contributed by atoms with E-state index in [0.717, 1.165) is 16.0 Å². The molecule has 2 aromatic heterocycles. The lowest BCUT2D eigenvalue weighted by molar-refractivity contribution is 0.0700. The lowest BCUT2D eigenvalue weighted by Gasteiger charge is -2.36. The lowest BCUT2D eigenvalue weighted by Crippen LogP contribution is -2.44. The monoisotopic (exact) mass is 408 g/mol. The van der Waals surface area contributed by atoms with E-state index < -0.39 is 14.3 Å². The SMILES string of the molecule is CC(C)(C)[Si](C)(C)Oc1cc(-n2cnc3cc(Cl)ccc32)sc1C(=O)O. The Bertz CT molecular complexity index is 988. The molecule has 0 atom stereocenters. The van der Waals surface area contributed by atoms with Gasteiger partial charge in [0.15, 0.2) is 4.88 Å². The first-order valence-corrected chi connectivity index (χ1v) is 12.3. The maximum Gasteiger partial charge on any atom is 0.349 e. The van der Waals surface area contributed by atoms with Gasteiger partial charge in [0.2, 0.25) is 0 Å². The molecule has 0 radical (unpaired) electrons. The van der Waals surface area contributed by atoms with Crippen LogP contribution in [0.3, 0.4) is 0 Å². The molecule has 0 aliphatic heterocycles. The molecule has 0 saturated heterocycles. The summed E-state index contributed by atoms with van der Waals surface area (Å²) in [5.41, 5.74) is 1.63. The van der Waals surface area contributed by atoms with Crippen LogP contribution in [0, 0.1) is 0 Å². The molecule has 1 aromatic carbocycles. The zero-order valence-corrected chi connectivity index (χ0v) is 17.9. The van der Waals surface area contributed by atoms with Crippen LogP contribution in [0.25, 0.3) is 16.0 Å². The second kappa shape index (κ2) is 6.40. The van der Waals surface area contributed by atoms with Crippen molar-refractivity contribution in [1.29, 1.82) is 0 Å². The minimum Gasteiger partial charge on any atom is -0.542 e. The molecule has 0 spiro atoms. The highest BCUT2D eigenvalue weighted by Crippen LogP contribution is 2.41. The van der Waals surface area contributed by atoms with Crippen molar-refractivity contribution in [1.82, 2.24) is 9.55 Å². The largest absolute Gasteiger partial charge is 0.542 e. The normalized spacial score (nSPS) is 12.5. The predicted molar refractivity (Wildman–Crippen MR) is 109 cm³/mol. The number of rotatable bonds is 4. The summed E-state index contributed by atoms with van der Waals surface area (Å²) in [6.07, 6.45) is 1.68. The second-order valence-corrected chi connectivity index (χ2v) is 13.9. The smallest absolute Gasteiger partial charge is 0.349 e. The quantitative estimate of drug-likeness (QED) is 0.552. The number of aromatic carboxylic acids is 1. The molecule has 2 heterocycles. The first kappa shape index (κ1) is 18.9. The van der Waals surface area contributed by atoms with Gasteiger partial charge < -0.3 is 9.53 Å². The van der Waals surface area contributed by atoms with Crippen LogP contribution in [0.4, 0.5) is 0 Å². The number of benzene rings is 1. The molecule has 1 N–H and O–H groups in total. The number of thiophene rings is 1.